The Morgan fingerprint density at radius 2 is 1.89 bits per heavy atom. The molecule has 3 N–H and O–H groups in total. The van der Waals surface area contributed by atoms with E-state index in [-0.39, 0.29) is 25.9 Å². The van der Waals surface area contributed by atoms with E-state index in [4.69, 9.17) is 24.5 Å². The van der Waals surface area contributed by atoms with Gasteiger partial charge in [0.15, 0.2) is 11.5 Å². The van der Waals surface area contributed by atoms with Gasteiger partial charge in [0.05, 0.1) is 32.6 Å². The second-order valence-electron chi connectivity index (χ2n) is 6.87. The third-order valence-electron chi connectivity index (χ3n) is 4.63. The molecular formula is C20H32N2O6. The average Bonchev–Trinajstić information content (AvgIpc) is 3.19. The topological polar surface area (TPSA) is 104 Å². The van der Waals surface area contributed by atoms with Crippen molar-refractivity contribution in [2.24, 2.45) is 5.16 Å². The molecule has 1 aromatic rings. The molecule has 1 aliphatic carbocycles. The van der Waals surface area contributed by atoms with E-state index in [2.05, 4.69) is 5.16 Å². The van der Waals surface area contributed by atoms with Crippen LogP contribution in [0.1, 0.15) is 31.2 Å². The highest BCUT2D eigenvalue weighted by Gasteiger charge is 2.18. The fourth-order valence-corrected chi connectivity index (χ4v) is 3.21. The largest absolute Gasteiger partial charge is 0.493 e. The number of hydrogen-bond donors (Lipinski definition) is 3. The summed E-state index contributed by atoms with van der Waals surface area (Å²) in [6.45, 7) is 1.01. The predicted molar refractivity (Wildman–Crippen MR) is 106 cm³/mol. The van der Waals surface area contributed by atoms with E-state index >= 15 is 0 Å². The second-order valence-corrected chi connectivity index (χ2v) is 6.87. The first-order valence-corrected chi connectivity index (χ1v) is 9.78. The maximum atomic E-state index is 10.0. The van der Waals surface area contributed by atoms with Gasteiger partial charge in [-0.3, -0.25) is 4.90 Å². The zero-order chi connectivity index (χ0) is 20.2. The van der Waals surface area contributed by atoms with Crippen LogP contribution in [-0.4, -0.2) is 85.2 Å². The first-order chi connectivity index (χ1) is 13.7. The van der Waals surface area contributed by atoms with Crippen molar-refractivity contribution in [3.8, 4) is 11.5 Å². The van der Waals surface area contributed by atoms with Crippen LogP contribution in [0.3, 0.4) is 0 Å². The van der Waals surface area contributed by atoms with Crippen LogP contribution in [0.4, 0.5) is 0 Å². The van der Waals surface area contributed by atoms with Gasteiger partial charge in [0.25, 0.3) is 0 Å². The van der Waals surface area contributed by atoms with Crippen LogP contribution in [0.5, 0.6) is 11.5 Å². The summed E-state index contributed by atoms with van der Waals surface area (Å²) in [5.74, 6) is 1.38. The minimum atomic E-state index is -0.771. The number of oxime groups is 1. The van der Waals surface area contributed by atoms with Crippen molar-refractivity contribution >= 4 is 6.21 Å². The van der Waals surface area contributed by atoms with Crippen molar-refractivity contribution in [3.63, 3.8) is 0 Å². The number of nitrogens with zero attached hydrogens (tertiary/aromatic N) is 2. The van der Waals surface area contributed by atoms with Crippen LogP contribution in [0.15, 0.2) is 23.4 Å². The zero-order valence-corrected chi connectivity index (χ0v) is 16.5. The van der Waals surface area contributed by atoms with E-state index in [0.29, 0.717) is 31.1 Å². The lowest BCUT2D eigenvalue weighted by atomic mass is 10.2. The summed E-state index contributed by atoms with van der Waals surface area (Å²) in [5, 5.41) is 31.9. The van der Waals surface area contributed by atoms with E-state index in [0.717, 1.165) is 18.4 Å². The van der Waals surface area contributed by atoms with Crippen molar-refractivity contribution in [3.05, 3.63) is 23.8 Å². The molecule has 1 saturated carbocycles. The Kier molecular flexibility index (Phi) is 10.1. The summed E-state index contributed by atoms with van der Waals surface area (Å²) in [7, 11) is 1.62. The van der Waals surface area contributed by atoms with Crippen LogP contribution in [0, 0.1) is 0 Å². The first kappa shape index (κ1) is 22.4. The molecule has 1 fully saturated rings. The summed E-state index contributed by atoms with van der Waals surface area (Å²) in [6, 6.07) is 5.56. The number of benzene rings is 1. The SMILES string of the molecule is COc1ccc(/C=N/OCC(O)CN(CCO)CCO)cc1OC1CCCC1. The molecule has 8 heteroatoms. The van der Waals surface area contributed by atoms with Gasteiger partial charge in [0.1, 0.15) is 12.7 Å². The van der Waals surface area contributed by atoms with E-state index in [1.807, 2.05) is 18.2 Å². The molecule has 8 nitrogen and oxygen atoms in total. The Morgan fingerprint density at radius 3 is 2.54 bits per heavy atom. The maximum absolute atomic E-state index is 10.0. The molecule has 1 aliphatic rings. The third kappa shape index (κ3) is 7.63. The molecule has 0 heterocycles. The molecule has 0 spiro atoms. The predicted octanol–water partition coefficient (Wildman–Crippen LogP) is 1.01. The van der Waals surface area contributed by atoms with Gasteiger partial charge in [-0.1, -0.05) is 5.16 Å². The van der Waals surface area contributed by atoms with Crippen molar-refractivity contribution in [2.45, 2.75) is 37.9 Å². The van der Waals surface area contributed by atoms with Gasteiger partial charge in [0, 0.05) is 25.2 Å². The van der Waals surface area contributed by atoms with Gasteiger partial charge in [-0.25, -0.2) is 0 Å². The van der Waals surface area contributed by atoms with E-state index in [1.165, 1.54) is 12.8 Å². The Bertz CT molecular complexity index is 586. The molecule has 0 saturated heterocycles. The minimum Gasteiger partial charge on any atom is -0.493 e. The molecule has 0 aliphatic heterocycles. The van der Waals surface area contributed by atoms with Gasteiger partial charge >= 0.3 is 0 Å². The molecule has 1 unspecified atom stereocenters. The number of aliphatic hydroxyl groups excluding tert-OH is 3. The van der Waals surface area contributed by atoms with Crippen molar-refractivity contribution in [2.75, 3.05) is 46.6 Å². The number of aliphatic hydroxyl groups is 3. The minimum absolute atomic E-state index is 0.0193. The summed E-state index contributed by atoms with van der Waals surface area (Å²) >= 11 is 0. The smallest absolute Gasteiger partial charge is 0.162 e. The number of ether oxygens (including phenoxy) is 2. The molecule has 1 atom stereocenters. The molecule has 28 heavy (non-hydrogen) atoms. The van der Waals surface area contributed by atoms with Crippen molar-refractivity contribution < 1.29 is 29.6 Å². The van der Waals surface area contributed by atoms with Crippen LogP contribution < -0.4 is 9.47 Å². The number of methoxy groups -OCH3 is 1. The first-order valence-electron chi connectivity index (χ1n) is 9.78. The summed E-state index contributed by atoms with van der Waals surface area (Å²) < 4.78 is 11.4. The Balaban J connectivity index is 1.84. The molecule has 0 radical (unpaired) electrons. The quantitative estimate of drug-likeness (QED) is 0.338. The fraction of sp³-hybridized carbons (Fsp3) is 0.650. The maximum Gasteiger partial charge on any atom is 0.162 e. The molecule has 0 amide bonds. The summed E-state index contributed by atoms with van der Waals surface area (Å²) in [5.41, 5.74) is 0.811. The van der Waals surface area contributed by atoms with Crippen LogP contribution in [0.2, 0.25) is 0 Å². The lowest BCUT2D eigenvalue weighted by molar-refractivity contribution is 0.0140. The normalized spacial score (nSPS) is 16.0. The second kappa shape index (κ2) is 12.6. The molecule has 2 rings (SSSR count). The molecule has 1 aromatic carbocycles. The number of hydrogen-bond acceptors (Lipinski definition) is 8. The van der Waals surface area contributed by atoms with Gasteiger partial charge < -0.3 is 29.6 Å². The van der Waals surface area contributed by atoms with Gasteiger partial charge in [-0.15, -0.1) is 0 Å². The van der Waals surface area contributed by atoms with Gasteiger partial charge in [-0.05, 0) is 43.9 Å². The molecule has 0 aromatic heterocycles. The third-order valence-corrected chi connectivity index (χ3v) is 4.63. The Labute approximate surface area is 166 Å². The van der Waals surface area contributed by atoms with Crippen molar-refractivity contribution in [1.29, 1.82) is 0 Å². The fourth-order valence-electron chi connectivity index (χ4n) is 3.21. The van der Waals surface area contributed by atoms with E-state index in [1.54, 1.807) is 18.2 Å². The monoisotopic (exact) mass is 396 g/mol. The highest BCUT2D eigenvalue weighted by molar-refractivity contribution is 5.80. The average molecular weight is 396 g/mol. The highest BCUT2D eigenvalue weighted by atomic mass is 16.6. The summed E-state index contributed by atoms with van der Waals surface area (Å²) in [4.78, 5) is 6.94. The molecule has 0 bridgehead atoms. The van der Waals surface area contributed by atoms with E-state index in [9.17, 15) is 5.11 Å². The van der Waals surface area contributed by atoms with Gasteiger partial charge in [0.2, 0.25) is 0 Å². The van der Waals surface area contributed by atoms with E-state index < -0.39 is 6.10 Å². The van der Waals surface area contributed by atoms with Crippen LogP contribution >= 0.6 is 0 Å². The van der Waals surface area contributed by atoms with Crippen molar-refractivity contribution in [1.82, 2.24) is 4.90 Å². The van der Waals surface area contributed by atoms with Crippen LogP contribution in [0.25, 0.3) is 0 Å². The molecule has 158 valence electrons. The summed E-state index contributed by atoms with van der Waals surface area (Å²) in [6.07, 6.45) is 5.53. The Morgan fingerprint density at radius 1 is 1.18 bits per heavy atom. The number of rotatable bonds is 13. The Hall–Kier alpha value is -1.87. The highest BCUT2D eigenvalue weighted by Crippen LogP contribution is 2.32. The zero-order valence-electron chi connectivity index (χ0n) is 16.5. The molecular weight excluding hydrogens is 364 g/mol. The standard InChI is InChI=1S/C20H32N2O6/c1-26-19-7-6-16(12-20(19)28-18-4-2-3-5-18)13-21-27-15-17(25)14-22(8-10-23)9-11-24/h6-7,12-13,17-18,23-25H,2-5,8-11,14-15H2,1H3/b21-13+. The van der Waals surface area contributed by atoms with Crippen LogP contribution in [-0.2, 0) is 4.84 Å². The van der Waals surface area contributed by atoms with Gasteiger partial charge in [-0.2, -0.15) is 0 Å². The lowest BCUT2D eigenvalue weighted by Crippen LogP contribution is -2.38. The lowest BCUT2D eigenvalue weighted by Gasteiger charge is -2.22.